The van der Waals surface area contributed by atoms with Gasteiger partial charge in [0.05, 0.1) is 10.6 Å². The summed E-state index contributed by atoms with van der Waals surface area (Å²) in [4.78, 5) is 22.3. The smallest absolute Gasteiger partial charge is 0.320 e. The molecule has 10 heteroatoms. The van der Waals surface area contributed by atoms with Crippen LogP contribution < -0.4 is 9.47 Å². The molecule has 1 aliphatic heterocycles. The van der Waals surface area contributed by atoms with Crippen LogP contribution in [0, 0.1) is 18.3 Å². The number of likely N-dealkylation sites (tertiary alicyclic amines) is 1. The van der Waals surface area contributed by atoms with Crippen LogP contribution in [0.5, 0.6) is 11.5 Å². The van der Waals surface area contributed by atoms with Crippen LogP contribution in [-0.4, -0.2) is 38.5 Å². The Morgan fingerprint density at radius 2 is 1.96 bits per heavy atom. The van der Waals surface area contributed by atoms with E-state index < -0.39 is 12.0 Å². The lowest BCUT2D eigenvalue weighted by Crippen LogP contribution is -2.44. The van der Waals surface area contributed by atoms with Crippen molar-refractivity contribution in [2.75, 3.05) is 6.54 Å². The number of rotatable bonds is 10. The fourth-order valence-electron chi connectivity index (χ4n) is 5.75. The van der Waals surface area contributed by atoms with Gasteiger partial charge >= 0.3 is 5.97 Å². The second-order valence-electron chi connectivity index (χ2n) is 11.1. The van der Waals surface area contributed by atoms with E-state index in [9.17, 15) is 15.2 Å². The maximum absolute atomic E-state index is 12.0. The van der Waals surface area contributed by atoms with Crippen molar-refractivity contribution in [2.45, 2.75) is 52.0 Å². The number of aromatic nitrogens is 2. The second-order valence-corrected chi connectivity index (χ2v) is 11.5. The van der Waals surface area contributed by atoms with Gasteiger partial charge in [-0.25, -0.2) is 4.98 Å². The van der Waals surface area contributed by atoms with Crippen molar-refractivity contribution >= 4 is 28.7 Å². The summed E-state index contributed by atoms with van der Waals surface area (Å²) in [5.41, 5.74) is 7.61. The van der Waals surface area contributed by atoms with Gasteiger partial charge in [-0.1, -0.05) is 42.3 Å². The molecule has 0 amide bonds. The lowest BCUT2D eigenvalue weighted by molar-refractivity contribution is -0.144. The van der Waals surface area contributed by atoms with Crippen molar-refractivity contribution in [1.29, 1.82) is 5.26 Å². The molecule has 0 saturated carbocycles. The van der Waals surface area contributed by atoms with Gasteiger partial charge in [-0.05, 0) is 72.8 Å². The summed E-state index contributed by atoms with van der Waals surface area (Å²) in [5, 5.41) is 19.5. The van der Waals surface area contributed by atoms with E-state index >= 15 is 0 Å². The third-order valence-electron chi connectivity index (χ3n) is 8.18. The quantitative estimate of drug-likeness (QED) is 0.171. The molecule has 9 nitrogen and oxygen atoms in total. The highest BCUT2D eigenvalue weighted by molar-refractivity contribution is 6.32. The second kappa shape index (κ2) is 13.4. The van der Waals surface area contributed by atoms with Gasteiger partial charge < -0.3 is 19.0 Å². The lowest BCUT2D eigenvalue weighted by Gasteiger charge is -2.33. The van der Waals surface area contributed by atoms with Gasteiger partial charge in [0.1, 0.15) is 42.3 Å². The number of hydrogen-bond donors (Lipinski definition) is 1. The molecule has 3 aromatic carbocycles. The van der Waals surface area contributed by atoms with E-state index in [4.69, 9.17) is 25.5 Å². The van der Waals surface area contributed by atoms with Crippen molar-refractivity contribution in [1.82, 2.24) is 14.9 Å². The molecule has 5 aromatic rings. The molecule has 0 radical (unpaired) electrons. The molecule has 6 rings (SSSR count). The summed E-state index contributed by atoms with van der Waals surface area (Å²) in [7, 11) is 0. The Morgan fingerprint density at radius 3 is 2.80 bits per heavy atom. The van der Waals surface area contributed by atoms with Crippen LogP contribution in [0.3, 0.4) is 0 Å². The molecule has 228 valence electrons. The minimum absolute atomic E-state index is 0.163. The molecule has 1 aliphatic rings. The van der Waals surface area contributed by atoms with E-state index in [-0.39, 0.29) is 13.2 Å². The van der Waals surface area contributed by atoms with E-state index in [0.717, 1.165) is 57.3 Å². The number of oxazole rings is 1. The molecule has 0 bridgehead atoms. The van der Waals surface area contributed by atoms with Crippen molar-refractivity contribution < 1.29 is 23.8 Å². The normalized spacial score (nSPS) is 15.1. The topological polar surface area (TPSA) is 122 Å². The molecule has 1 fully saturated rings. The summed E-state index contributed by atoms with van der Waals surface area (Å²) >= 11 is 6.78. The number of benzene rings is 3. The Balaban J connectivity index is 1.26. The Hall–Kier alpha value is -4.91. The number of ether oxygens (including phenoxy) is 2. The number of fused-ring (bicyclic) bond motifs is 1. The zero-order valence-corrected chi connectivity index (χ0v) is 25.5. The number of nitrogens with zero attached hydrogens (tertiary/aromatic N) is 4. The predicted molar refractivity (Wildman–Crippen MR) is 169 cm³/mol. The summed E-state index contributed by atoms with van der Waals surface area (Å²) in [6.45, 7) is 3.52. The third-order valence-corrected chi connectivity index (χ3v) is 8.47. The number of aliphatic carboxylic acids is 1. The number of hydrogen-bond acceptors (Lipinski definition) is 8. The molecule has 45 heavy (non-hydrogen) atoms. The van der Waals surface area contributed by atoms with Crippen LogP contribution in [0.15, 0.2) is 77.8 Å². The highest BCUT2D eigenvalue weighted by atomic mass is 35.5. The molecular weight excluding hydrogens is 592 g/mol. The molecule has 1 atom stereocenters. The molecule has 3 heterocycles. The maximum Gasteiger partial charge on any atom is 0.320 e. The standard InChI is InChI=1S/C35H31ClN4O5/c1-22-26(5-4-6-28(22)25-8-9-32-30(13-25)39-21-45-32)20-44-34-14-33(43-19-24-11-23(15-37)16-38-17-24)27(12-29(34)36)18-40-10-3-2-7-31(40)35(41)42/h4-6,8-9,11-14,16-17,21,31H,2-3,7,10,18-20H2,1H3,(H,41,42). The van der Waals surface area contributed by atoms with Crippen molar-refractivity contribution in [3.63, 3.8) is 0 Å². The van der Waals surface area contributed by atoms with Gasteiger partial charge in [-0.3, -0.25) is 14.7 Å². The van der Waals surface area contributed by atoms with Crippen molar-refractivity contribution in [3.8, 4) is 28.7 Å². The molecule has 0 spiro atoms. The summed E-state index contributed by atoms with van der Waals surface area (Å²) in [6, 6.07) is 18.8. The zero-order valence-electron chi connectivity index (χ0n) is 24.7. The summed E-state index contributed by atoms with van der Waals surface area (Å²) < 4.78 is 17.9. The number of piperidine rings is 1. The number of nitriles is 1. The van der Waals surface area contributed by atoms with E-state index in [0.29, 0.717) is 41.6 Å². The van der Waals surface area contributed by atoms with E-state index in [2.05, 4.69) is 29.0 Å². The van der Waals surface area contributed by atoms with E-state index in [1.165, 1.54) is 12.6 Å². The molecule has 0 aliphatic carbocycles. The fraction of sp³-hybridized carbons (Fsp3) is 0.257. The van der Waals surface area contributed by atoms with Crippen LogP contribution in [0.1, 0.15) is 47.1 Å². The van der Waals surface area contributed by atoms with E-state index in [1.54, 1.807) is 24.4 Å². The Morgan fingerprint density at radius 1 is 1.09 bits per heavy atom. The highest BCUT2D eigenvalue weighted by Crippen LogP contribution is 2.36. The third kappa shape index (κ3) is 6.78. The first-order chi connectivity index (χ1) is 21.9. The SMILES string of the molecule is Cc1c(COc2cc(OCc3cncc(C#N)c3)c(CN3CCCCC3C(=O)O)cc2Cl)cccc1-c1ccc2ocnc2c1. The Labute approximate surface area is 265 Å². The van der Waals surface area contributed by atoms with Crippen LogP contribution in [-0.2, 0) is 24.6 Å². The molecule has 1 saturated heterocycles. The van der Waals surface area contributed by atoms with E-state index in [1.807, 2.05) is 35.2 Å². The minimum Gasteiger partial charge on any atom is -0.488 e. The van der Waals surface area contributed by atoms with Crippen LogP contribution in [0.25, 0.3) is 22.2 Å². The number of carboxylic acids is 1. The van der Waals surface area contributed by atoms with Gasteiger partial charge in [0, 0.05) is 36.1 Å². The minimum atomic E-state index is -0.832. The van der Waals surface area contributed by atoms with Gasteiger partial charge in [-0.15, -0.1) is 0 Å². The summed E-state index contributed by atoms with van der Waals surface area (Å²) in [6.07, 6.45) is 6.98. The van der Waals surface area contributed by atoms with Gasteiger partial charge in [0.25, 0.3) is 0 Å². The van der Waals surface area contributed by atoms with Gasteiger partial charge in [-0.2, -0.15) is 5.26 Å². The number of carboxylic acid groups (broad SMARTS) is 1. The monoisotopic (exact) mass is 622 g/mol. The Bertz CT molecular complexity index is 1900. The number of pyridine rings is 1. The van der Waals surface area contributed by atoms with Crippen LogP contribution >= 0.6 is 11.6 Å². The average Bonchev–Trinajstić information content (AvgIpc) is 3.53. The fourth-order valence-corrected chi connectivity index (χ4v) is 5.99. The average molecular weight is 623 g/mol. The molecular formula is C35H31ClN4O5. The number of halogens is 1. The largest absolute Gasteiger partial charge is 0.488 e. The highest BCUT2D eigenvalue weighted by Gasteiger charge is 2.29. The Kier molecular flexibility index (Phi) is 8.96. The van der Waals surface area contributed by atoms with Gasteiger partial charge in [0.2, 0.25) is 0 Å². The first-order valence-corrected chi connectivity index (χ1v) is 15.1. The van der Waals surface area contributed by atoms with Crippen molar-refractivity contribution in [2.24, 2.45) is 0 Å². The predicted octanol–water partition coefficient (Wildman–Crippen LogP) is 7.32. The summed E-state index contributed by atoms with van der Waals surface area (Å²) in [5.74, 6) is 0.139. The van der Waals surface area contributed by atoms with Crippen molar-refractivity contribution in [3.05, 3.63) is 106 Å². The molecule has 2 aromatic heterocycles. The molecule has 1 unspecified atom stereocenters. The van der Waals surface area contributed by atoms with Gasteiger partial charge in [0.15, 0.2) is 12.0 Å². The van der Waals surface area contributed by atoms with Crippen LogP contribution in [0.4, 0.5) is 0 Å². The number of carbonyl (C=O) groups is 1. The molecule has 1 N–H and O–H groups in total. The zero-order chi connectivity index (χ0) is 31.3. The van der Waals surface area contributed by atoms with Crippen LogP contribution in [0.2, 0.25) is 5.02 Å². The first kappa shape index (κ1) is 30.1. The first-order valence-electron chi connectivity index (χ1n) is 14.7. The maximum atomic E-state index is 12.0. The lowest BCUT2D eigenvalue weighted by atomic mass is 9.96.